The van der Waals surface area contributed by atoms with Gasteiger partial charge in [0.2, 0.25) is 0 Å². The predicted octanol–water partition coefficient (Wildman–Crippen LogP) is 3.05. The third kappa shape index (κ3) is 5.52. The van der Waals surface area contributed by atoms with Crippen LogP contribution < -0.4 is 5.32 Å². The zero-order valence-corrected chi connectivity index (χ0v) is 16.5. The smallest absolute Gasteiger partial charge is 0.306 e. The number of carbonyl (C=O) groups is 2. The van der Waals surface area contributed by atoms with E-state index in [-0.39, 0.29) is 29.2 Å². The molecule has 0 radical (unpaired) electrons. The fourth-order valence-corrected chi connectivity index (χ4v) is 3.84. The number of hydrogen-bond acceptors (Lipinski definition) is 5. The van der Waals surface area contributed by atoms with Crippen molar-refractivity contribution in [3.63, 3.8) is 0 Å². The minimum Gasteiger partial charge on any atom is -0.461 e. The van der Waals surface area contributed by atoms with Gasteiger partial charge in [0.25, 0.3) is 0 Å². The first-order valence-corrected chi connectivity index (χ1v) is 9.56. The highest BCUT2D eigenvalue weighted by Crippen LogP contribution is 2.40. The van der Waals surface area contributed by atoms with E-state index < -0.39 is 5.41 Å². The Balaban J connectivity index is 2.01. The highest BCUT2D eigenvalue weighted by Gasteiger charge is 2.43. The van der Waals surface area contributed by atoms with Crippen LogP contribution in [0.4, 0.5) is 0 Å². The molecule has 26 heavy (non-hydrogen) atoms. The van der Waals surface area contributed by atoms with Crippen LogP contribution in [0.15, 0.2) is 24.3 Å². The standard InChI is InChI=1S/C21H33NO4/c1-20(2,3)13-19(24)26-17-9-8-16(14-22-15-17)21(11-12-25-4)10-6-5-7-18(21)23/h5-7,10,16-17,22H,8-9,11-15H2,1-4H3. The van der Waals surface area contributed by atoms with Gasteiger partial charge >= 0.3 is 5.97 Å². The molecule has 1 fully saturated rings. The minimum absolute atomic E-state index is 0.0758. The van der Waals surface area contributed by atoms with Gasteiger partial charge in [-0.15, -0.1) is 0 Å². The fraction of sp³-hybridized carbons (Fsp3) is 0.714. The molecule has 3 atom stereocenters. The number of rotatable bonds is 6. The molecule has 0 spiro atoms. The lowest BCUT2D eigenvalue weighted by atomic mass is 9.66. The number of carbonyl (C=O) groups excluding carboxylic acids is 2. The van der Waals surface area contributed by atoms with Crippen LogP contribution in [0.25, 0.3) is 0 Å². The molecule has 2 rings (SSSR count). The second-order valence-electron chi connectivity index (χ2n) is 8.65. The van der Waals surface area contributed by atoms with Crippen molar-refractivity contribution in [2.75, 3.05) is 26.8 Å². The molecule has 1 heterocycles. The van der Waals surface area contributed by atoms with Crippen molar-refractivity contribution in [1.29, 1.82) is 0 Å². The molecule has 0 bridgehead atoms. The van der Waals surface area contributed by atoms with E-state index in [9.17, 15) is 9.59 Å². The average molecular weight is 363 g/mol. The van der Waals surface area contributed by atoms with Gasteiger partial charge in [-0.25, -0.2) is 0 Å². The summed E-state index contributed by atoms with van der Waals surface area (Å²) in [5, 5.41) is 3.41. The lowest BCUT2D eigenvalue weighted by Gasteiger charge is -2.37. The Morgan fingerprint density at radius 3 is 2.69 bits per heavy atom. The van der Waals surface area contributed by atoms with E-state index in [2.05, 4.69) is 5.32 Å². The maximum Gasteiger partial charge on any atom is 0.306 e. The molecule has 2 aliphatic rings. The van der Waals surface area contributed by atoms with Crippen molar-refractivity contribution < 1.29 is 19.1 Å². The predicted molar refractivity (Wildman–Crippen MR) is 102 cm³/mol. The second kappa shape index (κ2) is 8.96. The molecule has 5 nitrogen and oxygen atoms in total. The lowest BCUT2D eigenvalue weighted by Crippen LogP contribution is -2.42. The number of nitrogens with one attached hydrogen (secondary N) is 1. The Labute approximate surface area is 157 Å². The normalized spacial score (nSPS) is 29.5. The maximum atomic E-state index is 12.7. The van der Waals surface area contributed by atoms with Gasteiger partial charge in [0.05, 0.1) is 11.8 Å². The van der Waals surface area contributed by atoms with Crippen molar-refractivity contribution in [2.24, 2.45) is 16.7 Å². The van der Waals surface area contributed by atoms with E-state index in [1.165, 1.54) is 0 Å². The molecule has 146 valence electrons. The topological polar surface area (TPSA) is 64.6 Å². The molecule has 0 amide bonds. The van der Waals surface area contributed by atoms with Gasteiger partial charge in [-0.1, -0.05) is 39.0 Å². The van der Waals surface area contributed by atoms with Crippen LogP contribution in [-0.4, -0.2) is 44.7 Å². The minimum atomic E-state index is -0.526. The summed E-state index contributed by atoms with van der Waals surface area (Å²) >= 11 is 0. The largest absolute Gasteiger partial charge is 0.461 e. The summed E-state index contributed by atoms with van der Waals surface area (Å²) in [5.74, 6) is 0.165. The van der Waals surface area contributed by atoms with Crippen LogP contribution in [0.2, 0.25) is 0 Å². The number of allylic oxidation sites excluding steroid dienone is 4. The summed E-state index contributed by atoms with van der Waals surface area (Å²) < 4.78 is 10.9. The summed E-state index contributed by atoms with van der Waals surface area (Å²) in [7, 11) is 1.66. The third-order valence-corrected chi connectivity index (χ3v) is 5.23. The SMILES string of the molecule is COCCC1(C2CCC(OC(=O)CC(C)(C)C)CNC2)C=CC=CC1=O. The molecule has 0 aromatic heterocycles. The van der Waals surface area contributed by atoms with Gasteiger partial charge < -0.3 is 14.8 Å². The Morgan fingerprint density at radius 1 is 1.27 bits per heavy atom. The monoisotopic (exact) mass is 363 g/mol. The second-order valence-corrected chi connectivity index (χ2v) is 8.65. The van der Waals surface area contributed by atoms with Crippen molar-refractivity contribution in [3.05, 3.63) is 24.3 Å². The Bertz CT molecular complexity index is 561. The molecule has 3 unspecified atom stereocenters. The van der Waals surface area contributed by atoms with Gasteiger partial charge in [-0.3, -0.25) is 9.59 Å². The summed E-state index contributed by atoms with van der Waals surface area (Å²) in [6.45, 7) is 8.02. The number of ether oxygens (including phenoxy) is 2. The number of esters is 1. The Kier molecular flexibility index (Phi) is 7.18. The summed E-state index contributed by atoms with van der Waals surface area (Å²) in [6, 6.07) is 0. The Hall–Kier alpha value is -1.46. The van der Waals surface area contributed by atoms with E-state index in [1.54, 1.807) is 19.3 Å². The maximum absolute atomic E-state index is 12.7. The van der Waals surface area contributed by atoms with E-state index in [4.69, 9.17) is 9.47 Å². The number of hydrogen-bond donors (Lipinski definition) is 1. The first-order chi connectivity index (χ1) is 12.3. The van der Waals surface area contributed by atoms with Crippen LogP contribution in [0.3, 0.4) is 0 Å². The van der Waals surface area contributed by atoms with Gasteiger partial charge in [-0.2, -0.15) is 0 Å². The van der Waals surface area contributed by atoms with Gasteiger partial charge in [0.15, 0.2) is 5.78 Å². The number of methoxy groups -OCH3 is 1. The van der Waals surface area contributed by atoms with Crippen LogP contribution >= 0.6 is 0 Å². The van der Waals surface area contributed by atoms with Gasteiger partial charge in [0, 0.05) is 20.3 Å². The first kappa shape index (κ1) is 20.8. The molecule has 5 heteroatoms. The first-order valence-electron chi connectivity index (χ1n) is 9.56. The van der Waals surface area contributed by atoms with Crippen molar-refractivity contribution in [3.8, 4) is 0 Å². The van der Waals surface area contributed by atoms with Crippen LogP contribution in [0, 0.1) is 16.7 Å². The zero-order valence-electron chi connectivity index (χ0n) is 16.5. The van der Waals surface area contributed by atoms with E-state index in [0.29, 0.717) is 26.0 Å². The molecule has 1 aliphatic carbocycles. The summed E-state index contributed by atoms with van der Waals surface area (Å²) in [5.41, 5.74) is -0.601. The number of ketones is 1. The van der Waals surface area contributed by atoms with Crippen molar-refractivity contribution >= 4 is 11.8 Å². The lowest BCUT2D eigenvalue weighted by molar-refractivity contribution is -0.151. The summed E-state index contributed by atoms with van der Waals surface area (Å²) in [4.78, 5) is 24.9. The molecule has 1 N–H and O–H groups in total. The highest BCUT2D eigenvalue weighted by atomic mass is 16.5. The molecule has 1 aliphatic heterocycles. The van der Waals surface area contributed by atoms with Crippen LogP contribution in [0.1, 0.15) is 46.5 Å². The zero-order chi connectivity index (χ0) is 19.2. The molecular formula is C21H33NO4. The highest BCUT2D eigenvalue weighted by molar-refractivity contribution is 5.98. The van der Waals surface area contributed by atoms with E-state index >= 15 is 0 Å². The Morgan fingerprint density at radius 2 is 2.04 bits per heavy atom. The van der Waals surface area contributed by atoms with E-state index in [0.717, 1.165) is 19.4 Å². The summed E-state index contributed by atoms with van der Waals surface area (Å²) in [6.07, 6.45) is 10.0. The van der Waals surface area contributed by atoms with E-state index in [1.807, 2.05) is 32.9 Å². The van der Waals surface area contributed by atoms with Crippen molar-refractivity contribution in [1.82, 2.24) is 5.32 Å². The van der Waals surface area contributed by atoms with Crippen molar-refractivity contribution in [2.45, 2.75) is 52.6 Å². The molecule has 0 aromatic rings. The third-order valence-electron chi connectivity index (χ3n) is 5.23. The average Bonchev–Trinajstić information content (AvgIpc) is 2.78. The molecular weight excluding hydrogens is 330 g/mol. The molecule has 1 saturated heterocycles. The molecule has 0 saturated carbocycles. The van der Waals surface area contributed by atoms with Gasteiger partial charge in [-0.05, 0) is 43.2 Å². The van der Waals surface area contributed by atoms with Gasteiger partial charge in [0.1, 0.15) is 6.10 Å². The van der Waals surface area contributed by atoms with Crippen LogP contribution in [-0.2, 0) is 19.1 Å². The van der Waals surface area contributed by atoms with Crippen LogP contribution in [0.5, 0.6) is 0 Å². The fourth-order valence-electron chi connectivity index (χ4n) is 3.84. The molecule has 0 aromatic carbocycles. The quantitative estimate of drug-likeness (QED) is 0.735.